The van der Waals surface area contributed by atoms with Crippen molar-refractivity contribution in [2.75, 3.05) is 0 Å². The Kier molecular flexibility index (Phi) is 3.41. The number of aromatic nitrogens is 3. The van der Waals surface area contributed by atoms with Gasteiger partial charge in [0.25, 0.3) is 0 Å². The first-order valence-corrected chi connectivity index (χ1v) is 6.24. The van der Waals surface area contributed by atoms with E-state index in [4.69, 9.17) is 9.26 Å². The Balaban J connectivity index is 1.67. The van der Waals surface area contributed by atoms with Crippen LogP contribution in [0.15, 0.2) is 53.3 Å². The van der Waals surface area contributed by atoms with Gasteiger partial charge in [-0.1, -0.05) is 11.2 Å². The molecule has 0 amide bonds. The van der Waals surface area contributed by atoms with E-state index >= 15 is 0 Å². The van der Waals surface area contributed by atoms with Gasteiger partial charge in [-0.05, 0) is 30.3 Å². The molecule has 0 aliphatic carbocycles. The Morgan fingerprint density at radius 2 is 2.00 bits per heavy atom. The minimum absolute atomic E-state index is 0.495. The molecule has 0 aliphatic heterocycles. The first kappa shape index (κ1) is 12.3. The predicted octanol–water partition coefficient (Wildman–Crippen LogP) is 3.02. The smallest absolute Gasteiger partial charge is 0.223 e. The number of rotatable bonds is 4. The Bertz CT molecular complexity index is 678. The summed E-state index contributed by atoms with van der Waals surface area (Å²) in [6.07, 6.45) is 3.53. The highest BCUT2D eigenvalue weighted by Gasteiger charge is 2.05. The highest BCUT2D eigenvalue weighted by molar-refractivity contribution is 5.55. The van der Waals surface area contributed by atoms with Crippen LogP contribution in [0.3, 0.4) is 0 Å². The average Bonchev–Trinajstić information content (AvgIpc) is 2.93. The van der Waals surface area contributed by atoms with E-state index in [1.54, 1.807) is 19.3 Å². The monoisotopic (exact) mass is 267 g/mol. The van der Waals surface area contributed by atoms with Crippen LogP contribution in [0.1, 0.15) is 11.5 Å². The van der Waals surface area contributed by atoms with Crippen molar-refractivity contribution in [2.45, 2.75) is 13.5 Å². The van der Waals surface area contributed by atoms with E-state index in [1.165, 1.54) is 0 Å². The van der Waals surface area contributed by atoms with Crippen LogP contribution in [0.2, 0.25) is 0 Å². The van der Waals surface area contributed by atoms with Crippen molar-refractivity contribution in [3.63, 3.8) is 0 Å². The molecule has 0 aliphatic rings. The second kappa shape index (κ2) is 5.52. The van der Waals surface area contributed by atoms with Crippen LogP contribution in [-0.2, 0) is 6.61 Å². The van der Waals surface area contributed by atoms with Crippen LogP contribution >= 0.6 is 0 Å². The van der Waals surface area contributed by atoms with E-state index in [2.05, 4.69) is 15.1 Å². The summed E-state index contributed by atoms with van der Waals surface area (Å²) in [4.78, 5) is 8.22. The molecule has 0 spiro atoms. The Morgan fingerprint density at radius 1 is 1.15 bits per heavy atom. The number of aryl methyl sites for hydroxylation is 1. The van der Waals surface area contributed by atoms with Crippen molar-refractivity contribution >= 4 is 0 Å². The van der Waals surface area contributed by atoms with Gasteiger partial charge in [-0.15, -0.1) is 0 Å². The van der Waals surface area contributed by atoms with Crippen LogP contribution in [0.4, 0.5) is 0 Å². The van der Waals surface area contributed by atoms with Gasteiger partial charge in [0.15, 0.2) is 0 Å². The molecule has 100 valence electrons. The van der Waals surface area contributed by atoms with Gasteiger partial charge in [-0.25, -0.2) is 0 Å². The second-order valence-electron chi connectivity index (χ2n) is 4.31. The average molecular weight is 267 g/mol. The van der Waals surface area contributed by atoms with Crippen LogP contribution in [-0.4, -0.2) is 15.1 Å². The Morgan fingerprint density at radius 3 is 2.65 bits per heavy atom. The van der Waals surface area contributed by atoms with Gasteiger partial charge in [-0.3, -0.25) is 4.98 Å². The maximum Gasteiger partial charge on any atom is 0.223 e. The molecule has 3 rings (SSSR count). The van der Waals surface area contributed by atoms with Crippen molar-refractivity contribution in [3.8, 4) is 17.1 Å². The molecule has 0 radical (unpaired) electrons. The molecule has 2 heterocycles. The third-order valence-corrected chi connectivity index (χ3v) is 2.77. The summed E-state index contributed by atoms with van der Waals surface area (Å²) in [5.74, 6) is 1.93. The van der Waals surface area contributed by atoms with Crippen molar-refractivity contribution in [1.29, 1.82) is 0 Å². The van der Waals surface area contributed by atoms with Crippen molar-refractivity contribution in [3.05, 3.63) is 60.2 Å². The number of pyridine rings is 1. The highest BCUT2D eigenvalue weighted by atomic mass is 16.5. The van der Waals surface area contributed by atoms with Crippen LogP contribution in [0.25, 0.3) is 11.4 Å². The number of nitrogens with zero attached hydrogens (tertiary/aromatic N) is 3. The SMILES string of the molecule is Cc1nc(-c2ccc(OCc3cccnc3)cc2)no1. The molecule has 20 heavy (non-hydrogen) atoms. The van der Waals surface area contributed by atoms with E-state index < -0.39 is 0 Å². The zero-order chi connectivity index (χ0) is 13.8. The summed E-state index contributed by atoms with van der Waals surface area (Å²) in [6, 6.07) is 11.4. The minimum Gasteiger partial charge on any atom is -0.489 e. The lowest BCUT2D eigenvalue weighted by atomic mass is 10.2. The highest BCUT2D eigenvalue weighted by Crippen LogP contribution is 2.20. The van der Waals surface area contributed by atoms with Gasteiger partial charge in [0.1, 0.15) is 12.4 Å². The lowest BCUT2D eigenvalue weighted by molar-refractivity contribution is 0.306. The third kappa shape index (κ3) is 2.83. The van der Waals surface area contributed by atoms with Gasteiger partial charge in [0.05, 0.1) is 0 Å². The summed E-state index contributed by atoms with van der Waals surface area (Å²) in [6.45, 7) is 2.26. The van der Waals surface area contributed by atoms with E-state index in [9.17, 15) is 0 Å². The van der Waals surface area contributed by atoms with E-state index in [1.807, 2.05) is 36.4 Å². The number of hydrogen-bond donors (Lipinski definition) is 0. The maximum absolute atomic E-state index is 5.68. The fourth-order valence-electron chi connectivity index (χ4n) is 1.77. The summed E-state index contributed by atoms with van der Waals surface area (Å²) >= 11 is 0. The molecular weight excluding hydrogens is 254 g/mol. The molecule has 0 fully saturated rings. The van der Waals surface area contributed by atoms with Gasteiger partial charge in [-0.2, -0.15) is 4.98 Å². The lowest BCUT2D eigenvalue weighted by Crippen LogP contribution is -1.95. The summed E-state index contributed by atoms with van der Waals surface area (Å²) in [5.41, 5.74) is 1.93. The summed E-state index contributed by atoms with van der Waals surface area (Å²) < 4.78 is 10.6. The van der Waals surface area contributed by atoms with Gasteiger partial charge in [0.2, 0.25) is 11.7 Å². The van der Waals surface area contributed by atoms with Gasteiger partial charge >= 0.3 is 0 Å². The maximum atomic E-state index is 5.68. The van der Waals surface area contributed by atoms with Crippen molar-refractivity contribution < 1.29 is 9.26 Å². The van der Waals surface area contributed by atoms with Crippen molar-refractivity contribution in [2.24, 2.45) is 0 Å². The Hall–Kier alpha value is -2.69. The summed E-state index contributed by atoms with van der Waals surface area (Å²) in [5, 5.41) is 3.87. The second-order valence-corrected chi connectivity index (χ2v) is 4.31. The first-order valence-electron chi connectivity index (χ1n) is 6.24. The van der Waals surface area contributed by atoms with Crippen LogP contribution < -0.4 is 4.74 Å². The predicted molar refractivity (Wildman–Crippen MR) is 73.0 cm³/mol. The molecule has 2 aromatic heterocycles. The molecule has 0 atom stereocenters. The molecule has 0 unspecified atom stereocenters. The minimum atomic E-state index is 0.495. The zero-order valence-electron chi connectivity index (χ0n) is 11.0. The molecule has 5 heteroatoms. The molecular formula is C15H13N3O2. The largest absolute Gasteiger partial charge is 0.489 e. The number of benzene rings is 1. The third-order valence-electron chi connectivity index (χ3n) is 2.77. The first-order chi connectivity index (χ1) is 9.81. The quantitative estimate of drug-likeness (QED) is 0.727. The fourth-order valence-corrected chi connectivity index (χ4v) is 1.77. The van der Waals surface area contributed by atoms with Crippen LogP contribution in [0.5, 0.6) is 5.75 Å². The van der Waals surface area contributed by atoms with Gasteiger partial charge < -0.3 is 9.26 Å². The van der Waals surface area contributed by atoms with E-state index in [-0.39, 0.29) is 0 Å². The Labute approximate surface area is 116 Å². The normalized spacial score (nSPS) is 10.4. The van der Waals surface area contributed by atoms with E-state index in [0.29, 0.717) is 18.3 Å². The molecule has 0 saturated heterocycles. The zero-order valence-corrected chi connectivity index (χ0v) is 11.0. The van der Waals surface area contributed by atoms with Crippen LogP contribution in [0, 0.1) is 6.92 Å². The fraction of sp³-hybridized carbons (Fsp3) is 0.133. The molecule has 0 saturated carbocycles. The topological polar surface area (TPSA) is 61.0 Å². The van der Waals surface area contributed by atoms with Crippen molar-refractivity contribution in [1.82, 2.24) is 15.1 Å². The van der Waals surface area contributed by atoms with E-state index in [0.717, 1.165) is 16.9 Å². The number of hydrogen-bond acceptors (Lipinski definition) is 5. The molecule has 1 aromatic carbocycles. The molecule has 3 aromatic rings. The van der Waals surface area contributed by atoms with Gasteiger partial charge in [0, 0.05) is 30.4 Å². The standard InChI is InChI=1S/C15H13N3O2/c1-11-17-15(18-20-11)13-4-6-14(7-5-13)19-10-12-3-2-8-16-9-12/h2-9H,10H2,1H3. The molecule has 0 N–H and O–H groups in total. The summed E-state index contributed by atoms with van der Waals surface area (Å²) in [7, 11) is 0. The lowest BCUT2D eigenvalue weighted by Gasteiger charge is -2.06. The molecule has 5 nitrogen and oxygen atoms in total. The molecule has 0 bridgehead atoms. The number of ether oxygens (including phenoxy) is 1.